The Morgan fingerprint density at radius 1 is 1.06 bits per heavy atom. The maximum atomic E-state index is 12.3. The molecule has 8 heteroatoms. The van der Waals surface area contributed by atoms with E-state index in [1.54, 1.807) is 19.4 Å². The Bertz CT molecular complexity index is 1140. The number of furan rings is 1. The number of para-hydroxylation sites is 1. The number of amides is 1. The molecule has 0 aliphatic carbocycles. The highest BCUT2D eigenvalue weighted by Crippen LogP contribution is 2.31. The van der Waals surface area contributed by atoms with Crippen molar-refractivity contribution in [3.63, 3.8) is 0 Å². The van der Waals surface area contributed by atoms with Crippen LogP contribution in [-0.2, 0) is 24.3 Å². The molecule has 0 unspecified atom stereocenters. The van der Waals surface area contributed by atoms with Gasteiger partial charge in [-0.15, -0.1) is 10.2 Å². The average Bonchev–Trinajstić information content (AvgIpc) is 3.50. The topological polar surface area (TPSA) is 82.2 Å². The van der Waals surface area contributed by atoms with Crippen LogP contribution in [0.1, 0.15) is 11.3 Å². The van der Waals surface area contributed by atoms with Gasteiger partial charge in [-0.1, -0.05) is 54.2 Å². The summed E-state index contributed by atoms with van der Waals surface area (Å²) in [6, 6.07) is 21.6. The van der Waals surface area contributed by atoms with Crippen molar-refractivity contribution in [2.24, 2.45) is 0 Å². The summed E-state index contributed by atoms with van der Waals surface area (Å²) in [7, 11) is 1.64. The average molecular weight is 449 g/mol. The van der Waals surface area contributed by atoms with E-state index in [0.717, 1.165) is 23.6 Å². The number of carbonyl (C=O) groups is 1. The fourth-order valence-electron chi connectivity index (χ4n) is 3.29. The van der Waals surface area contributed by atoms with Gasteiger partial charge in [-0.3, -0.25) is 4.79 Å². The number of hydrogen-bond donors (Lipinski definition) is 1. The molecule has 0 bridgehead atoms. The van der Waals surface area contributed by atoms with Gasteiger partial charge < -0.3 is 19.0 Å². The van der Waals surface area contributed by atoms with Crippen LogP contribution in [0, 0.1) is 0 Å². The first-order valence-corrected chi connectivity index (χ1v) is 11.3. The number of benzene rings is 2. The van der Waals surface area contributed by atoms with Crippen LogP contribution < -0.4 is 10.1 Å². The third-order valence-electron chi connectivity index (χ3n) is 4.90. The highest BCUT2D eigenvalue weighted by atomic mass is 32.2. The first kappa shape index (κ1) is 21.7. The van der Waals surface area contributed by atoms with Crippen molar-refractivity contribution in [1.82, 2.24) is 20.1 Å². The molecule has 2 heterocycles. The first-order valence-electron chi connectivity index (χ1n) is 10.3. The van der Waals surface area contributed by atoms with Gasteiger partial charge in [-0.25, -0.2) is 0 Å². The number of hydrogen-bond acceptors (Lipinski definition) is 6. The van der Waals surface area contributed by atoms with Crippen LogP contribution in [0.15, 0.2) is 82.6 Å². The predicted octanol–water partition coefficient (Wildman–Crippen LogP) is 4.20. The first-order chi connectivity index (χ1) is 15.7. The van der Waals surface area contributed by atoms with Crippen LogP contribution in [0.4, 0.5) is 0 Å². The van der Waals surface area contributed by atoms with Gasteiger partial charge in [0.05, 0.1) is 31.2 Å². The molecule has 7 nitrogen and oxygen atoms in total. The molecule has 164 valence electrons. The van der Waals surface area contributed by atoms with Gasteiger partial charge in [0.15, 0.2) is 11.0 Å². The summed E-state index contributed by atoms with van der Waals surface area (Å²) in [6.07, 6.45) is 2.41. The molecule has 4 rings (SSSR count). The zero-order valence-corrected chi connectivity index (χ0v) is 18.5. The fraction of sp³-hybridized carbons (Fsp3) is 0.208. The second-order valence-electron chi connectivity index (χ2n) is 7.04. The van der Waals surface area contributed by atoms with Crippen molar-refractivity contribution in [3.8, 4) is 17.1 Å². The summed E-state index contributed by atoms with van der Waals surface area (Å²) in [5, 5.41) is 12.4. The van der Waals surface area contributed by atoms with Gasteiger partial charge >= 0.3 is 0 Å². The molecule has 32 heavy (non-hydrogen) atoms. The molecule has 1 amide bonds. The minimum atomic E-state index is -0.0946. The van der Waals surface area contributed by atoms with Crippen LogP contribution in [-0.4, -0.2) is 33.5 Å². The van der Waals surface area contributed by atoms with Gasteiger partial charge in [-0.2, -0.15) is 0 Å². The van der Waals surface area contributed by atoms with Gasteiger partial charge in [-0.05, 0) is 36.2 Å². The molecule has 4 aromatic rings. The van der Waals surface area contributed by atoms with Gasteiger partial charge in [0, 0.05) is 6.54 Å². The molecule has 0 fully saturated rings. The largest absolute Gasteiger partial charge is 0.496 e. The Labute approximate surface area is 190 Å². The Kier molecular flexibility index (Phi) is 7.24. The molecular weight excluding hydrogens is 424 g/mol. The molecule has 0 aliphatic rings. The van der Waals surface area contributed by atoms with Crippen LogP contribution in [0.2, 0.25) is 0 Å². The van der Waals surface area contributed by atoms with E-state index in [1.807, 2.05) is 48.5 Å². The Hall–Kier alpha value is -3.52. The molecule has 2 aromatic carbocycles. The minimum Gasteiger partial charge on any atom is -0.496 e. The Morgan fingerprint density at radius 2 is 1.88 bits per heavy atom. The van der Waals surface area contributed by atoms with Crippen molar-refractivity contribution >= 4 is 17.7 Å². The lowest BCUT2D eigenvalue weighted by Crippen LogP contribution is -2.24. The van der Waals surface area contributed by atoms with Gasteiger partial charge in [0.25, 0.3) is 0 Å². The number of rotatable bonds is 10. The molecule has 0 radical (unpaired) electrons. The number of aromatic nitrogens is 3. The number of nitrogens with zero attached hydrogens (tertiary/aromatic N) is 3. The molecule has 0 spiro atoms. The van der Waals surface area contributed by atoms with Crippen molar-refractivity contribution in [3.05, 3.63) is 84.3 Å². The van der Waals surface area contributed by atoms with Crippen molar-refractivity contribution < 1.29 is 13.9 Å². The summed E-state index contributed by atoms with van der Waals surface area (Å²) < 4.78 is 12.8. The van der Waals surface area contributed by atoms with Crippen LogP contribution in [0.3, 0.4) is 0 Å². The summed E-state index contributed by atoms with van der Waals surface area (Å²) in [6.45, 7) is 1.04. The summed E-state index contributed by atoms with van der Waals surface area (Å²) in [5.74, 6) is 2.30. The molecular formula is C24H24N4O3S. The van der Waals surface area contributed by atoms with Crippen molar-refractivity contribution in [1.29, 1.82) is 0 Å². The van der Waals surface area contributed by atoms with Crippen LogP contribution in [0.25, 0.3) is 11.4 Å². The molecule has 0 atom stereocenters. The van der Waals surface area contributed by atoms with E-state index in [0.29, 0.717) is 24.0 Å². The highest BCUT2D eigenvalue weighted by Gasteiger charge is 2.18. The number of aryl methyl sites for hydroxylation is 1. The second kappa shape index (κ2) is 10.7. The van der Waals surface area contributed by atoms with Crippen LogP contribution in [0.5, 0.6) is 5.75 Å². The van der Waals surface area contributed by atoms with Gasteiger partial charge in [0.1, 0.15) is 11.5 Å². The maximum absolute atomic E-state index is 12.3. The maximum Gasteiger partial charge on any atom is 0.230 e. The summed E-state index contributed by atoms with van der Waals surface area (Å²) >= 11 is 1.36. The summed E-state index contributed by atoms with van der Waals surface area (Å²) in [4.78, 5) is 12.3. The third-order valence-corrected chi connectivity index (χ3v) is 5.87. The standard InChI is InChI=1S/C24H24N4O3S/c1-30-21-12-6-5-11-20(21)23-26-27-24(28(23)14-13-18-8-3-2-4-9-18)32-17-22(29)25-16-19-10-7-15-31-19/h2-12,15H,13-14,16-17H2,1H3,(H,25,29). The zero-order valence-electron chi connectivity index (χ0n) is 17.7. The van der Waals surface area contributed by atoms with Crippen LogP contribution >= 0.6 is 11.8 Å². The molecule has 0 saturated heterocycles. The number of ether oxygens (including phenoxy) is 1. The predicted molar refractivity (Wildman–Crippen MR) is 123 cm³/mol. The van der Waals surface area contributed by atoms with Gasteiger partial charge in [0.2, 0.25) is 5.91 Å². The number of carbonyl (C=O) groups excluding carboxylic acids is 1. The van der Waals surface area contributed by atoms with E-state index in [2.05, 4.69) is 32.2 Å². The lowest BCUT2D eigenvalue weighted by Gasteiger charge is -2.12. The lowest BCUT2D eigenvalue weighted by molar-refractivity contribution is -0.118. The molecule has 2 aromatic heterocycles. The SMILES string of the molecule is COc1ccccc1-c1nnc(SCC(=O)NCc2ccco2)n1CCc1ccccc1. The monoisotopic (exact) mass is 448 g/mol. The smallest absolute Gasteiger partial charge is 0.230 e. The van der Waals surface area contributed by atoms with E-state index >= 15 is 0 Å². The van der Waals surface area contributed by atoms with E-state index < -0.39 is 0 Å². The van der Waals surface area contributed by atoms with E-state index in [9.17, 15) is 4.79 Å². The van der Waals surface area contributed by atoms with E-state index in [4.69, 9.17) is 9.15 Å². The van der Waals surface area contributed by atoms with E-state index in [1.165, 1.54) is 17.3 Å². The lowest BCUT2D eigenvalue weighted by atomic mass is 10.1. The highest BCUT2D eigenvalue weighted by molar-refractivity contribution is 7.99. The van der Waals surface area contributed by atoms with Crippen molar-refractivity contribution in [2.45, 2.75) is 24.7 Å². The Balaban J connectivity index is 1.51. The van der Waals surface area contributed by atoms with Crippen molar-refractivity contribution in [2.75, 3.05) is 12.9 Å². The molecule has 1 N–H and O–H groups in total. The molecule has 0 aliphatic heterocycles. The second-order valence-corrected chi connectivity index (χ2v) is 7.98. The zero-order chi connectivity index (χ0) is 22.2. The number of methoxy groups -OCH3 is 1. The quantitative estimate of drug-likeness (QED) is 0.366. The minimum absolute atomic E-state index is 0.0946. The molecule has 0 saturated carbocycles. The number of thioether (sulfide) groups is 1. The fourth-order valence-corrected chi connectivity index (χ4v) is 4.09. The van der Waals surface area contributed by atoms with E-state index in [-0.39, 0.29) is 11.7 Å². The third kappa shape index (κ3) is 5.39. The Morgan fingerprint density at radius 3 is 2.66 bits per heavy atom. The normalized spacial score (nSPS) is 10.8. The summed E-state index contributed by atoms with van der Waals surface area (Å²) in [5.41, 5.74) is 2.09. The number of nitrogens with one attached hydrogen (secondary N) is 1.